The predicted octanol–water partition coefficient (Wildman–Crippen LogP) is 2.78. The summed E-state index contributed by atoms with van der Waals surface area (Å²) in [6.07, 6.45) is 2.78. The molecule has 0 aromatic heterocycles. The topological polar surface area (TPSA) is 12.5 Å². The van der Waals surface area contributed by atoms with Crippen molar-refractivity contribution in [1.82, 2.24) is 4.90 Å². The molecule has 2 rings (SSSR count). The average molecular weight is 219 g/mol. The van der Waals surface area contributed by atoms with E-state index in [1.165, 1.54) is 30.5 Å². The minimum Gasteiger partial charge on any atom is -0.489 e. The average Bonchev–Trinajstić information content (AvgIpc) is 2.24. The number of nitrogens with zero attached hydrogens (tertiary/aromatic N) is 1. The van der Waals surface area contributed by atoms with Crippen LogP contribution >= 0.6 is 0 Å². The molecule has 2 heteroatoms. The Hall–Kier alpha value is -1.02. The highest BCUT2D eigenvalue weighted by molar-refractivity contribution is 5.39. The molecule has 88 valence electrons. The first kappa shape index (κ1) is 11.5. The van der Waals surface area contributed by atoms with Crippen molar-refractivity contribution in [3.63, 3.8) is 0 Å². The Morgan fingerprint density at radius 3 is 2.56 bits per heavy atom. The number of piperidine rings is 1. The lowest BCUT2D eigenvalue weighted by Crippen LogP contribution is -2.38. The van der Waals surface area contributed by atoms with Crippen LogP contribution in [0.4, 0.5) is 0 Å². The van der Waals surface area contributed by atoms with Gasteiger partial charge in [-0.05, 0) is 51.4 Å². The SMILES string of the molecule is Cc1cccc(C)c1O[C@@H]1CCCN(C)C1. The van der Waals surface area contributed by atoms with Crippen LogP contribution in [0, 0.1) is 13.8 Å². The molecule has 1 atom stereocenters. The number of likely N-dealkylation sites (tertiary alicyclic amines) is 1. The highest BCUT2D eigenvalue weighted by Gasteiger charge is 2.19. The molecule has 16 heavy (non-hydrogen) atoms. The van der Waals surface area contributed by atoms with Crippen molar-refractivity contribution < 1.29 is 4.74 Å². The predicted molar refractivity (Wildman–Crippen MR) is 67.1 cm³/mol. The van der Waals surface area contributed by atoms with Crippen LogP contribution in [0.25, 0.3) is 0 Å². The van der Waals surface area contributed by atoms with Gasteiger partial charge in [-0.3, -0.25) is 0 Å². The maximum absolute atomic E-state index is 6.15. The van der Waals surface area contributed by atoms with Gasteiger partial charge in [-0.2, -0.15) is 0 Å². The fraction of sp³-hybridized carbons (Fsp3) is 0.571. The van der Waals surface area contributed by atoms with Crippen molar-refractivity contribution in [1.29, 1.82) is 0 Å². The first-order valence-corrected chi connectivity index (χ1v) is 6.08. The van der Waals surface area contributed by atoms with E-state index in [1.807, 2.05) is 0 Å². The summed E-state index contributed by atoms with van der Waals surface area (Å²) >= 11 is 0. The van der Waals surface area contributed by atoms with Gasteiger partial charge in [0.1, 0.15) is 11.9 Å². The maximum Gasteiger partial charge on any atom is 0.125 e. The van der Waals surface area contributed by atoms with Gasteiger partial charge in [0.05, 0.1) is 0 Å². The lowest BCUT2D eigenvalue weighted by atomic mass is 10.1. The second-order valence-corrected chi connectivity index (χ2v) is 4.87. The molecule has 2 nitrogen and oxygen atoms in total. The molecule has 0 aliphatic carbocycles. The van der Waals surface area contributed by atoms with Gasteiger partial charge in [-0.25, -0.2) is 0 Å². The van der Waals surface area contributed by atoms with Gasteiger partial charge in [-0.15, -0.1) is 0 Å². The molecular formula is C14H21NO. The summed E-state index contributed by atoms with van der Waals surface area (Å²) in [4.78, 5) is 2.35. The summed E-state index contributed by atoms with van der Waals surface area (Å²) in [5.41, 5.74) is 2.49. The molecule has 1 saturated heterocycles. The molecule has 0 N–H and O–H groups in total. The van der Waals surface area contributed by atoms with Crippen LogP contribution in [-0.4, -0.2) is 31.1 Å². The van der Waals surface area contributed by atoms with Crippen LogP contribution in [0.1, 0.15) is 24.0 Å². The van der Waals surface area contributed by atoms with E-state index >= 15 is 0 Å². The molecule has 0 unspecified atom stereocenters. The molecular weight excluding hydrogens is 198 g/mol. The summed E-state index contributed by atoms with van der Waals surface area (Å²) in [7, 11) is 2.17. The van der Waals surface area contributed by atoms with Crippen LogP contribution in [0.2, 0.25) is 0 Å². The molecule has 0 amide bonds. The van der Waals surface area contributed by atoms with Gasteiger partial charge >= 0.3 is 0 Å². The normalized spacial score (nSPS) is 22.1. The van der Waals surface area contributed by atoms with Crippen LogP contribution in [0.15, 0.2) is 18.2 Å². The van der Waals surface area contributed by atoms with Crippen molar-refractivity contribution in [3.8, 4) is 5.75 Å². The summed E-state index contributed by atoms with van der Waals surface area (Å²) in [6, 6.07) is 6.33. The molecule has 0 saturated carbocycles. The Morgan fingerprint density at radius 1 is 1.25 bits per heavy atom. The van der Waals surface area contributed by atoms with Crippen molar-refractivity contribution in [3.05, 3.63) is 29.3 Å². The fourth-order valence-electron chi connectivity index (χ4n) is 2.37. The van der Waals surface area contributed by atoms with Crippen molar-refractivity contribution in [2.45, 2.75) is 32.8 Å². The molecule has 0 radical (unpaired) electrons. The van der Waals surface area contributed by atoms with E-state index in [1.54, 1.807) is 0 Å². The van der Waals surface area contributed by atoms with Crippen LogP contribution in [-0.2, 0) is 0 Å². The number of benzene rings is 1. The van der Waals surface area contributed by atoms with Gasteiger partial charge in [0.2, 0.25) is 0 Å². The minimum atomic E-state index is 0.360. The Balaban J connectivity index is 2.08. The standard InChI is InChI=1S/C14H21NO/c1-11-6-4-7-12(2)14(11)16-13-8-5-9-15(3)10-13/h4,6-7,13H,5,8-10H2,1-3H3/t13-/m1/s1. The van der Waals surface area contributed by atoms with Crippen LogP contribution < -0.4 is 4.74 Å². The Labute approximate surface area is 98.2 Å². The minimum absolute atomic E-state index is 0.360. The molecule has 1 heterocycles. The summed E-state index contributed by atoms with van der Waals surface area (Å²) < 4.78 is 6.15. The zero-order chi connectivity index (χ0) is 11.5. The van der Waals surface area contributed by atoms with E-state index in [0.717, 1.165) is 12.3 Å². The third-order valence-corrected chi connectivity index (χ3v) is 3.27. The Morgan fingerprint density at radius 2 is 1.94 bits per heavy atom. The Kier molecular flexibility index (Phi) is 3.49. The molecule has 1 aromatic rings. The van der Waals surface area contributed by atoms with E-state index in [-0.39, 0.29) is 0 Å². The maximum atomic E-state index is 6.15. The first-order chi connectivity index (χ1) is 7.66. The smallest absolute Gasteiger partial charge is 0.125 e. The molecule has 1 aliphatic heterocycles. The van der Waals surface area contributed by atoms with Crippen molar-refractivity contribution >= 4 is 0 Å². The van der Waals surface area contributed by atoms with E-state index < -0.39 is 0 Å². The summed E-state index contributed by atoms with van der Waals surface area (Å²) in [6.45, 7) is 6.49. The van der Waals surface area contributed by atoms with E-state index in [4.69, 9.17) is 4.74 Å². The largest absolute Gasteiger partial charge is 0.489 e. The van der Waals surface area contributed by atoms with Gasteiger partial charge in [0.25, 0.3) is 0 Å². The third-order valence-electron chi connectivity index (χ3n) is 3.27. The third kappa shape index (κ3) is 2.56. The molecule has 0 spiro atoms. The highest BCUT2D eigenvalue weighted by Crippen LogP contribution is 2.25. The van der Waals surface area contributed by atoms with E-state index in [2.05, 4.69) is 44.0 Å². The van der Waals surface area contributed by atoms with E-state index in [9.17, 15) is 0 Å². The zero-order valence-electron chi connectivity index (χ0n) is 10.5. The zero-order valence-corrected chi connectivity index (χ0v) is 10.5. The number of rotatable bonds is 2. The molecule has 0 bridgehead atoms. The number of ether oxygens (including phenoxy) is 1. The van der Waals surface area contributed by atoms with Gasteiger partial charge in [0.15, 0.2) is 0 Å². The molecule has 1 fully saturated rings. The van der Waals surface area contributed by atoms with Gasteiger partial charge in [0, 0.05) is 6.54 Å². The monoisotopic (exact) mass is 219 g/mol. The van der Waals surface area contributed by atoms with Crippen molar-refractivity contribution in [2.75, 3.05) is 20.1 Å². The number of hydrogen-bond acceptors (Lipinski definition) is 2. The quantitative estimate of drug-likeness (QED) is 0.758. The lowest BCUT2D eigenvalue weighted by Gasteiger charge is -2.30. The molecule has 1 aromatic carbocycles. The number of para-hydroxylation sites is 1. The van der Waals surface area contributed by atoms with Crippen LogP contribution in [0.3, 0.4) is 0 Å². The van der Waals surface area contributed by atoms with E-state index in [0.29, 0.717) is 6.10 Å². The second-order valence-electron chi connectivity index (χ2n) is 4.87. The number of hydrogen-bond donors (Lipinski definition) is 0. The van der Waals surface area contributed by atoms with Crippen molar-refractivity contribution in [2.24, 2.45) is 0 Å². The molecule has 1 aliphatic rings. The van der Waals surface area contributed by atoms with Gasteiger partial charge < -0.3 is 9.64 Å². The van der Waals surface area contributed by atoms with Gasteiger partial charge in [-0.1, -0.05) is 18.2 Å². The first-order valence-electron chi connectivity index (χ1n) is 6.08. The summed E-state index contributed by atoms with van der Waals surface area (Å²) in [5.74, 6) is 1.09. The lowest BCUT2D eigenvalue weighted by molar-refractivity contribution is 0.103. The highest BCUT2D eigenvalue weighted by atomic mass is 16.5. The second kappa shape index (κ2) is 4.88. The summed E-state index contributed by atoms with van der Waals surface area (Å²) in [5, 5.41) is 0. The van der Waals surface area contributed by atoms with Crippen LogP contribution in [0.5, 0.6) is 5.75 Å². The number of aryl methyl sites for hydroxylation is 2. The number of likely N-dealkylation sites (N-methyl/N-ethyl adjacent to an activating group) is 1. The fourth-order valence-corrected chi connectivity index (χ4v) is 2.37. The Bertz CT molecular complexity index is 342.